The largest absolute Gasteiger partial charge is 0.497 e. The van der Waals surface area contributed by atoms with Gasteiger partial charge in [-0.05, 0) is 42.8 Å². The summed E-state index contributed by atoms with van der Waals surface area (Å²) in [5.74, 6) is 2.89. The molecule has 0 spiro atoms. The third-order valence-electron chi connectivity index (χ3n) is 5.66. The van der Waals surface area contributed by atoms with Gasteiger partial charge in [0.05, 0.1) is 19.9 Å². The Labute approximate surface area is 170 Å². The number of benzene rings is 2. The average molecular weight is 398 g/mol. The summed E-state index contributed by atoms with van der Waals surface area (Å²) in [6.07, 6.45) is 2.02. The van der Waals surface area contributed by atoms with Gasteiger partial charge in [-0.15, -0.1) is 0 Å². The molecule has 0 aromatic heterocycles. The van der Waals surface area contributed by atoms with E-state index in [-0.39, 0.29) is 12.8 Å². The molecule has 7 nitrogen and oxygen atoms in total. The number of hydrogen-bond donors (Lipinski definition) is 1. The van der Waals surface area contributed by atoms with Gasteiger partial charge in [-0.25, -0.2) is 0 Å². The Morgan fingerprint density at radius 2 is 2.10 bits per heavy atom. The molecule has 0 bridgehead atoms. The lowest BCUT2D eigenvalue weighted by Crippen LogP contribution is -2.34. The van der Waals surface area contributed by atoms with Gasteiger partial charge in [0.1, 0.15) is 5.75 Å². The first-order valence-electron chi connectivity index (χ1n) is 9.67. The zero-order valence-electron chi connectivity index (χ0n) is 17.0. The van der Waals surface area contributed by atoms with Crippen molar-refractivity contribution >= 4 is 5.71 Å². The zero-order valence-corrected chi connectivity index (χ0v) is 17.0. The third kappa shape index (κ3) is 3.70. The Kier molecular flexibility index (Phi) is 5.49. The van der Waals surface area contributed by atoms with Crippen molar-refractivity contribution < 1.29 is 24.2 Å². The molecule has 0 saturated carbocycles. The molecular formula is C22H26N2O5. The van der Waals surface area contributed by atoms with Crippen LogP contribution < -0.4 is 18.9 Å². The molecule has 1 N–H and O–H groups in total. The normalized spacial score (nSPS) is 18.4. The topological polar surface area (TPSA) is 72.8 Å². The van der Waals surface area contributed by atoms with Gasteiger partial charge in [-0.2, -0.15) is 0 Å². The second-order valence-electron chi connectivity index (χ2n) is 7.36. The quantitative estimate of drug-likeness (QED) is 0.457. The first kappa shape index (κ1) is 19.4. The SMILES string of the molecule is COc1cccc(CC(C[C@H]2c3c(cc4c(c3OC)OCO4)CCN2C)=NO)c1. The summed E-state index contributed by atoms with van der Waals surface area (Å²) in [5, 5.41) is 13.3. The van der Waals surface area contributed by atoms with E-state index in [1.807, 2.05) is 24.3 Å². The van der Waals surface area contributed by atoms with Crippen LogP contribution in [-0.4, -0.2) is 50.4 Å². The van der Waals surface area contributed by atoms with Gasteiger partial charge in [0.25, 0.3) is 0 Å². The highest BCUT2D eigenvalue weighted by atomic mass is 16.7. The molecule has 0 fully saturated rings. The van der Waals surface area contributed by atoms with Crippen molar-refractivity contribution in [3.8, 4) is 23.0 Å². The van der Waals surface area contributed by atoms with Crippen LogP contribution in [0.1, 0.15) is 29.2 Å². The fourth-order valence-electron chi connectivity index (χ4n) is 4.17. The van der Waals surface area contributed by atoms with Gasteiger partial charge in [0.15, 0.2) is 11.5 Å². The third-order valence-corrected chi connectivity index (χ3v) is 5.66. The van der Waals surface area contributed by atoms with Crippen LogP contribution in [0.5, 0.6) is 23.0 Å². The monoisotopic (exact) mass is 398 g/mol. The summed E-state index contributed by atoms with van der Waals surface area (Å²) < 4.78 is 22.3. The highest BCUT2D eigenvalue weighted by Gasteiger charge is 2.34. The highest BCUT2D eigenvalue weighted by Crippen LogP contribution is 2.50. The van der Waals surface area contributed by atoms with E-state index in [0.29, 0.717) is 30.1 Å². The number of ether oxygens (including phenoxy) is 4. The Morgan fingerprint density at radius 3 is 2.86 bits per heavy atom. The molecule has 2 aromatic carbocycles. The number of oxime groups is 1. The molecule has 4 rings (SSSR count). The van der Waals surface area contributed by atoms with Crippen LogP contribution in [0.4, 0.5) is 0 Å². The Hall–Kier alpha value is -2.93. The van der Waals surface area contributed by atoms with E-state index in [1.165, 1.54) is 5.56 Å². The van der Waals surface area contributed by atoms with E-state index in [1.54, 1.807) is 14.2 Å². The number of likely N-dealkylation sites (N-methyl/N-ethyl adjacent to an activating group) is 1. The molecule has 2 aliphatic rings. The van der Waals surface area contributed by atoms with Crippen LogP contribution in [0.15, 0.2) is 35.5 Å². The Morgan fingerprint density at radius 1 is 1.24 bits per heavy atom. The molecule has 0 amide bonds. The smallest absolute Gasteiger partial charge is 0.231 e. The maximum absolute atomic E-state index is 9.72. The summed E-state index contributed by atoms with van der Waals surface area (Å²) in [5.41, 5.74) is 4.00. The van der Waals surface area contributed by atoms with Crippen molar-refractivity contribution in [3.05, 3.63) is 47.0 Å². The van der Waals surface area contributed by atoms with Crippen LogP contribution >= 0.6 is 0 Å². The van der Waals surface area contributed by atoms with Crippen LogP contribution in [0.25, 0.3) is 0 Å². The number of nitrogens with zero attached hydrogens (tertiary/aromatic N) is 2. The van der Waals surface area contributed by atoms with Crippen molar-refractivity contribution in [2.24, 2.45) is 5.16 Å². The molecule has 0 aliphatic carbocycles. The highest BCUT2D eigenvalue weighted by molar-refractivity contribution is 5.87. The first-order valence-corrected chi connectivity index (χ1v) is 9.67. The maximum atomic E-state index is 9.72. The van der Waals surface area contributed by atoms with Crippen LogP contribution in [-0.2, 0) is 12.8 Å². The molecule has 2 aromatic rings. The van der Waals surface area contributed by atoms with Gasteiger partial charge < -0.3 is 24.2 Å². The minimum Gasteiger partial charge on any atom is -0.497 e. The maximum Gasteiger partial charge on any atom is 0.231 e. The van der Waals surface area contributed by atoms with E-state index in [9.17, 15) is 5.21 Å². The lowest BCUT2D eigenvalue weighted by atomic mass is 9.87. The average Bonchev–Trinajstić information content (AvgIpc) is 3.21. The van der Waals surface area contributed by atoms with E-state index in [2.05, 4.69) is 23.2 Å². The predicted molar refractivity (Wildman–Crippen MR) is 109 cm³/mol. The van der Waals surface area contributed by atoms with E-state index < -0.39 is 0 Å². The van der Waals surface area contributed by atoms with Crippen LogP contribution in [0, 0.1) is 0 Å². The van der Waals surface area contributed by atoms with Crippen molar-refractivity contribution in [2.75, 3.05) is 34.6 Å². The molecule has 2 heterocycles. The van der Waals surface area contributed by atoms with Crippen molar-refractivity contribution in [3.63, 3.8) is 0 Å². The first-order chi connectivity index (χ1) is 14.1. The summed E-state index contributed by atoms with van der Waals surface area (Å²) >= 11 is 0. The van der Waals surface area contributed by atoms with E-state index >= 15 is 0 Å². The number of rotatable bonds is 6. The minimum atomic E-state index is 0.0136. The molecule has 29 heavy (non-hydrogen) atoms. The Balaban J connectivity index is 1.65. The van der Waals surface area contributed by atoms with Gasteiger partial charge in [-0.3, -0.25) is 4.90 Å². The number of fused-ring (bicyclic) bond motifs is 2. The van der Waals surface area contributed by atoms with Crippen molar-refractivity contribution in [2.45, 2.75) is 25.3 Å². The fourth-order valence-corrected chi connectivity index (χ4v) is 4.17. The number of hydrogen-bond acceptors (Lipinski definition) is 7. The summed E-state index contributed by atoms with van der Waals surface area (Å²) in [4.78, 5) is 2.27. The summed E-state index contributed by atoms with van der Waals surface area (Å²) in [7, 11) is 5.38. The van der Waals surface area contributed by atoms with Gasteiger partial charge in [0.2, 0.25) is 12.5 Å². The zero-order chi connectivity index (χ0) is 20.4. The lowest BCUT2D eigenvalue weighted by molar-refractivity contribution is 0.170. The molecule has 0 saturated heterocycles. The Bertz CT molecular complexity index is 928. The van der Waals surface area contributed by atoms with E-state index in [0.717, 1.165) is 35.6 Å². The minimum absolute atomic E-state index is 0.0136. The van der Waals surface area contributed by atoms with E-state index in [4.69, 9.17) is 18.9 Å². The second-order valence-corrected chi connectivity index (χ2v) is 7.36. The van der Waals surface area contributed by atoms with Crippen LogP contribution in [0.3, 0.4) is 0 Å². The molecule has 2 aliphatic heterocycles. The summed E-state index contributed by atoms with van der Waals surface area (Å²) in [6, 6.07) is 9.87. The molecule has 1 atom stereocenters. The number of methoxy groups -OCH3 is 2. The van der Waals surface area contributed by atoms with Gasteiger partial charge >= 0.3 is 0 Å². The predicted octanol–water partition coefficient (Wildman–Crippen LogP) is 3.42. The molecule has 0 unspecified atom stereocenters. The molecule has 7 heteroatoms. The van der Waals surface area contributed by atoms with Crippen molar-refractivity contribution in [1.82, 2.24) is 4.90 Å². The van der Waals surface area contributed by atoms with Crippen molar-refractivity contribution in [1.29, 1.82) is 0 Å². The molecule has 0 radical (unpaired) electrons. The lowest BCUT2D eigenvalue weighted by Gasteiger charge is -2.36. The van der Waals surface area contributed by atoms with Gasteiger partial charge in [-0.1, -0.05) is 17.3 Å². The fraction of sp³-hybridized carbons (Fsp3) is 0.409. The second kappa shape index (κ2) is 8.21. The summed E-state index contributed by atoms with van der Waals surface area (Å²) in [6.45, 7) is 1.10. The molecular weight excluding hydrogens is 372 g/mol. The van der Waals surface area contributed by atoms with Gasteiger partial charge in [0, 0.05) is 31.0 Å². The standard InChI is InChI=1S/C22H26N2O5/c1-24-8-7-15-11-19-21(29-13-28-19)22(27-3)20(15)18(24)12-16(23-25)9-14-5-4-6-17(10-14)26-2/h4-6,10-11,18,25H,7-9,12-13H2,1-3H3/t18-/m0/s1. The van der Waals surface area contributed by atoms with Crippen LogP contribution in [0.2, 0.25) is 0 Å². The molecule has 154 valence electrons.